The lowest BCUT2D eigenvalue weighted by Crippen LogP contribution is -2.06. The van der Waals surface area contributed by atoms with E-state index in [1.165, 1.54) is 0 Å². The first-order valence-corrected chi connectivity index (χ1v) is 5.38. The van der Waals surface area contributed by atoms with Crippen LogP contribution >= 0.6 is 0 Å². The van der Waals surface area contributed by atoms with Crippen molar-refractivity contribution in [3.63, 3.8) is 0 Å². The van der Waals surface area contributed by atoms with Crippen molar-refractivity contribution in [2.24, 2.45) is 0 Å². The third-order valence-electron chi connectivity index (χ3n) is 2.17. The van der Waals surface area contributed by atoms with Crippen LogP contribution < -0.4 is 15.2 Å². The number of anilines is 1. The van der Waals surface area contributed by atoms with Crippen LogP contribution in [0.25, 0.3) is 0 Å². The number of hydrogen-bond donors (Lipinski definition) is 1. The molecule has 3 heteroatoms. The van der Waals surface area contributed by atoms with Gasteiger partial charge in [-0.3, -0.25) is 0 Å². The minimum atomic E-state index is 0.169. The van der Waals surface area contributed by atoms with E-state index in [0.717, 1.165) is 24.3 Å². The van der Waals surface area contributed by atoms with Gasteiger partial charge in [0.05, 0.1) is 17.9 Å². The molecule has 0 spiro atoms. The summed E-state index contributed by atoms with van der Waals surface area (Å²) in [4.78, 5) is 0. The molecule has 1 fully saturated rings. The van der Waals surface area contributed by atoms with Gasteiger partial charge in [0.25, 0.3) is 0 Å². The van der Waals surface area contributed by atoms with Gasteiger partial charge in [-0.2, -0.15) is 0 Å². The molecule has 0 heterocycles. The zero-order chi connectivity index (χ0) is 10.8. The van der Waals surface area contributed by atoms with Crippen LogP contribution in [0, 0.1) is 0 Å². The van der Waals surface area contributed by atoms with Crippen molar-refractivity contribution >= 4 is 5.69 Å². The third kappa shape index (κ3) is 2.78. The van der Waals surface area contributed by atoms with E-state index in [9.17, 15) is 0 Å². The van der Waals surface area contributed by atoms with E-state index < -0.39 is 0 Å². The Bertz CT molecular complexity index is 345. The first kappa shape index (κ1) is 10.1. The van der Waals surface area contributed by atoms with Crippen LogP contribution in [0.2, 0.25) is 0 Å². The van der Waals surface area contributed by atoms with Crippen LogP contribution in [0.4, 0.5) is 5.69 Å². The highest BCUT2D eigenvalue weighted by Gasteiger charge is 2.24. The molecule has 1 aliphatic rings. The molecule has 1 saturated carbocycles. The van der Waals surface area contributed by atoms with Gasteiger partial charge >= 0.3 is 0 Å². The second-order valence-electron chi connectivity index (χ2n) is 4.18. The maximum absolute atomic E-state index is 5.82. The normalized spacial score (nSPS) is 15.4. The topological polar surface area (TPSA) is 44.5 Å². The van der Waals surface area contributed by atoms with Gasteiger partial charge in [-0.1, -0.05) is 0 Å². The van der Waals surface area contributed by atoms with Crippen LogP contribution in [0.1, 0.15) is 26.7 Å². The maximum Gasteiger partial charge on any atom is 0.146 e. The van der Waals surface area contributed by atoms with Gasteiger partial charge < -0.3 is 15.2 Å². The molecule has 0 unspecified atom stereocenters. The molecule has 0 bridgehead atoms. The molecule has 1 aliphatic carbocycles. The molecule has 2 N–H and O–H groups in total. The van der Waals surface area contributed by atoms with Crippen molar-refractivity contribution in [1.29, 1.82) is 0 Å². The standard InChI is InChI=1S/C12H17NO2/c1-8(2)14-10-5-6-11(13)12(7-10)15-9-3-4-9/h5-9H,3-4,13H2,1-2H3. The summed E-state index contributed by atoms with van der Waals surface area (Å²) < 4.78 is 11.2. The largest absolute Gasteiger partial charge is 0.491 e. The summed E-state index contributed by atoms with van der Waals surface area (Å²) >= 11 is 0. The number of nitrogens with two attached hydrogens (primary N) is 1. The van der Waals surface area contributed by atoms with E-state index in [4.69, 9.17) is 15.2 Å². The first-order chi connectivity index (χ1) is 7.15. The van der Waals surface area contributed by atoms with Crippen molar-refractivity contribution < 1.29 is 9.47 Å². The van der Waals surface area contributed by atoms with Gasteiger partial charge in [-0.15, -0.1) is 0 Å². The molecular weight excluding hydrogens is 190 g/mol. The lowest BCUT2D eigenvalue weighted by molar-refractivity contribution is 0.239. The average Bonchev–Trinajstić information content (AvgIpc) is 2.94. The highest BCUT2D eigenvalue weighted by atomic mass is 16.5. The third-order valence-corrected chi connectivity index (χ3v) is 2.17. The summed E-state index contributed by atoms with van der Waals surface area (Å²) in [6.07, 6.45) is 2.80. The fourth-order valence-corrected chi connectivity index (χ4v) is 1.33. The Hall–Kier alpha value is -1.38. The molecule has 0 radical (unpaired) electrons. The molecule has 1 aromatic rings. The van der Waals surface area contributed by atoms with Gasteiger partial charge in [-0.05, 0) is 38.8 Å². The highest BCUT2D eigenvalue weighted by Crippen LogP contribution is 2.33. The monoisotopic (exact) mass is 207 g/mol. The molecule has 3 nitrogen and oxygen atoms in total. The SMILES string of the molecule is CC(C)Oc1ccc(N)c(OC2CC2)c1. The highest BCUT2D eigenvalue weighted by molar-refractivity contribution is 5.55. The van der Waals surface area contributed by atoms with Crippen molar-refractivity contribution in [2.75, 3.05) is 5.73 Å². The summed E-state index contributed by atoms with van der Waals surface area (Å²) in [6, 6.07) is 5.57. The van der Waals surface area contributed by atoms with Crippen molar-refractivity contribution in [2.45, 2.75) is 38.9 Å². The first-order valence-electron chi connectivity index (χ1n) is 5.38. The van der Waals surface area contributed by atoms with Crippen molar-refractivity contribution in [3.05, 3.63) is 18.2 Å². The summed E-state index contributed by atoms with van der Waals surface area (Å²) in [5.41, 5.74) is 6.49. The quantitative estimate of drug-likeness (QED) is 0.772. The lowest BCUT2D eigenvalue weighted by Gasteiger charge is -2.13. The van der Waals surface area contributed by atoms with E-state index >= 15 is 0 Å². The van der Waals surface area contributed by atoms with Gasteiger partial charge in [0, 0.05) is 6.07 Å². The van der Waals surface area contributed by atoms with E-state index in [0.29, 0.717) is 11.8 Å². The summed E-state index contributed by atoms with van der Waals surface area (Å²) in [5.74, 6) is 1.56. The average molecular weight is 207 g/mol. The molecule has 0 aliphatic heterocycles. The molecule has 15 heavy (non-hydrogen) atoms. The Labute approximate surface area is 90.2 Å². The van der Waals surface area contributed by atoms with E-state index in [2.05, 4.69) is 0 Å². The molecule has 0 aromatic heterocycles. The van der Waals surface area contributed by atoms with E-state index in [1.807, 2.05) is 32.0 Å². The van der Waals surface area contributed by atoms with Crippen LogP contribution in [-0.2, 0) is 0 Å². The van der Waals surface area contributed by atoms with Crippen LogP contribution in [-0.4, -0.2) is 12.2 Å². The summed E-state index contributed by atoms with van der Waals surface area (Å²) in [6.45, 7) is 4.00. The number of nitrogen functional groups attached to an aromatic ring is 1. The second-order valence-corrected chi connectivity index (χ2v) is 4.18. The minimum Gasteiger partial charge on any atom is -0.491 e. The Morgan fingerprint density at radius 3 is 2.67 bits per heavy atom. The summed E-state index contributed by atoms with van der Waals surface area (Å²) in [7, 11) is 0. The van der Waals surface area contributed by atoms with E-state index in [-0.39, 0.29) is 6.10 Å². The van der Waals surface area contributed by atoms with Gasteiger partial charge in [0.15, 0.2) is 0 Å². The zero-order valence-corrected chi connectivity index (χ0v) is 9.19. The summed E-state index contributed by atoms with van der Waals surface area (Å²) in [5, 5.41) is 0. The van der Waals surface area contributed by atoms with Gasteiger partial charge in [0.1, 0.15) is 11.5 Å². The molecule has 1 aromatic carbocycles. The second kappa shape index (κ2) is 4.01. The molecular formula is C12H17NO2. The number of rotatable bonds is 4. The van der Waals surface area contributed by atoms with Crippen LogP contribution in [0.5, 0.6) is 11.5 Å². The van der Waals surface area contributed by atoms with Crippen LogP contribution in [0.3, 0.4) is 0 Å². The number of ether oxygens (including phenoxy) is 2. The molecule has 82 valence electrons. The fourth-order valence-electron chi connectivity index (χ4n) is 1.33. The molecule has 0 atom stereocenters. The fraction of sp³-hybridized carbons (Fsp3) is 0.500. The Balaban J connectivity index is 2.12. The number of hydrogen-bond acceptors (Lipinski definition) is 3. The Morgan fingerprint density at radius 2 is 2.07 bits per heavy atom. The molecule has 2 rings (SSSR count). The molecule has 0 amide bonds. The minimum absolute atomic E-state index is 0.169. The van der Waals surface area contributed by atoms with Crippen LogP contribution in [0.15, 0.2) is 18.2 Å². The van der Waals surface area contributed by atoms with Crippen molar-refractivity contribution in [3.8, 4) is 11.5 Å². The van der Waals surface area contributed by atoms with Gasteiger partial charge in [-0.25, -0.2) is 0 Å². The lowest BCUT2D eigenvalue weighted by atomic mass is 10.3. The predicted molar refractivity (Wildman–Crippen MR) is 60.3 cm³/mol. The maximum atomic E-state index is 5.82. The zero-order valence-electron chi connectivity index (χ0n) is 9.19. The Morgan fingerprint density at radius 1 is 1.33 bits per heavy atom. The Kier molecular flexibility index (Phi) is 2.71. The molecule has 0 saturated heterocycles. The predicted octanol–water partition coefficient (Wildman–Crippen LogP) is 2.60. The van der Waals surface area contributed by atoms with Crippen molar-refractivity contribution in [1.82, 2.24) is 0 Å². The van der Waals surface area contributed by atoms with E-state index in [1.54, 1.807) is 0 Å². The number of benzene rings is 1. The van der Waals surface area contributed by atoms with Gasteiger partial charge in [0.2, 0.25) is 0 Å². The smallest absolute Gasteiger partial charge is 0.146 e.